The normalized spacial score (nSPS) is 15.7. The summed E-state index contributed by atoms with van der Waals surface area (Å²) in [4.78, 5) is 148. The Morgan fingerprint density at radius 3 is 1.70 bits per heavy atom. The highest BCUT2D eigenvalue weighted by Gasteiger charge is 2.31. The van der Waals surface area contributed by atoms with E-state index in [0.29, 0.717) is 18.5 Å². The zero-order chi connectivity index (χ0) is 68.9. The molecule has 35 nitrogen and oxygen atoms in total. The first-order valence-electron chi connectivity index (χ1n) is 30.5. The molecule has 2 aromatic carbocycles. The minimum atomic E-state index is -4.49. The highest BCUT2D eigenvalue weighted by Crippen LogP contribution is 2.26. The van der Waals surface area contributed by atoms with Gasteiger partial charge in [0.05, 0.1) is 49.4 Å². The van der Waals surface area contributed by atoms with Crippen LogP contribution in [0.3, 0.4) is 0 Å². The topological polar surface area (TPSA) is 492 Å². The maximum Gasteiger partial charge on any atom is 0.323 e. The second kappa shape index (κ2) is 38.2. The monoisotopic (exact) mass is 1340 g/mol. The lowest BCUT2D eigenvalue weighted by Crippen LogP contribution is -2.55. The third-order valence-electron chi connectivity index (χ3n) is 14.9. The maximum absolute atomic E-state index is 13.7. The van der Waals surface area contributed by atoms with Crippen LogP contribution in [0.5, 0.6) is 5.75 Å². The third-order valence-corrected chi connectivity index (χ3v) is 16.7. The number of aryl methyl sites for hydroxylation is 3. The van der Waals surface area contributed by atoms with Gasteiger partial charge in [0.25, 0.3) is 5.91 Å². The molecule has 2 aliphatic heterocycles. The molecule has 5 amide bonds. The van der Waals surface area contributed by atoms with E-state index in [-0.39, 0.29) is 119 Å². The summed E-state index contributed by atoms with van der Waals surface area (Å²) in [5.74, 6) is -10.5. The first-order chi connectivity index (χ1) is 44.6. The smallest absolute Gasteiger partial charge is 0.323 e. The van der Waals surface area contributed by atoms with Gasteiger partial charge in [0.2, 0.25) is 33.7 Å². The number of fused-ring (bicyclic) bond motifs is 1. The van der Waals surface area contributed by atoms with E-state index in [1.165, 1.54) is 35.8 Å². The number of carbonyl (C=O) groups excluding carboxylic acids is 5. The third kappa shape index (κ3) is 26.9. The van der Waals surface area contributed by atoms with Crippen LogP contribution in [-0.2, 0) is 64.5 Å². The van der Waals surface area contributed by atoms with Crippen molar-refractivity contribution in [3.05, 3.63) is 53.2 Å². The van der Waals surface area contributed by atoms with Crippen molar-refractivity contribution in [2.45, 2.75) is 94.8 Å². The van der Waals surface area contributed by atoms with Crippen LogP contribution in [0.1, 0.15) is 72.9 Å². The van der Waals surface area contributed by atoms with Crippen molar-refractivity contribution in [2.24, 2.45) is 4.99 Å². The van der Waals surface area contributed by atoms with E-state index in [1.54, 1.807) is 38.9 Å². The van der Waals surface area contributed by atoms with Crippen molar-refractivity contribution in [3.8, 4) is 5.75 Å². The van der Waals surface area contributed by atoms with Crippen molar-refractivity contribution in [2.75, 3.05) is 124 Å². The van der Waals surface area contributed by atoms with Gasteiger partial charge < -0.3 is 72.6 Å². The van der Waals surface area contributed by atoms with Gasteiger partial charge in [-0.25, -0.2) is 8.42 Å². The number of hydrogen-bond donors (Lipinski definition) is 14. The van der Waals surface area contributed by atoms with Crippen molar-refractivity contribution in [1.82, 2.24) is 71.3 Å². The van der Waals surface area contributed by atoms with Gasteiger partial charge in [0.1, 0.15) is 23.9 Å². The number of nitrogens with zero attached hydrogens (tertiary/aromatic N) is 7. The van der Waals surface area contributed by atoms with E-state index >= 15 is 0 Å². The highest BCUT2D eigenvalue weighted by molar-refractivity contribution is 7.89. The van der Waals surface area contributed by atoms with Crippen molar-refractivity contribution >= 4 is 92.2 Å². The SMILES string of the molecule is Cc1cc(OCCCC(=O)NCCNC(=O)C(CCC(=O)O)NC(=O)C(CCC(=O)O)NC(=O)CN2CCN(CC(=O)O)CCN(CC(=O)O)CCN(CC(=O)O)CC2)cc(C)c1S(=O)(=O)NC(CNC(=O)c1ccc2c(cnn2CCCNC2=NCCCN2)c1)C(=O)O. The molecule has 0 spiro atoms. The molecule has 3 aromatic rings. The van der Waals surface area contributed by atoms with E-state index in [1.807, 2.05) is 0 Å². The molecule has 14 N–H and O–H groups in total. The van der Waals surface area contributed by atoms with Gasteiger partial charge in [-0.05, 0) is 87.4 Å². The summed E-state index contributed by atoms with van der Waals surface area (Å²) in [6, 6.07) is 2.90. The van der Waals surface area contributed by atoms with Crippen molar-refractivity contribution in [3.63, 3.8) is 0 Å². The Kier molecular flexibility index (Phi) is 30.7. The summed E-state index contributed by atoms with van der Waals surface area (Å²) in [5.41, 5.74) is 1.41. The van der Waals surface area contributed by atoms with Crippen molar-refractivity contribution in [1.29, 1.82) is 0 Å². The maximum atomic E-state index is 13.7. The molecule has 5 rings (SSSR count). The second-order valence-corrected chi connectivity index (χ2v) is 24.1. The Labute approximate surface area is 541 Å². The molecule has 3 atom stereocenters. The highest BCUT2D eigenvalue weighted by atomic mass is 32.2. The van der Waals surface area contributed by atoms with Crippen LogP contribution in [0.4, 0.5) is 0 Å². The summed E-state index contributed by atoms with van der Waals surface area (Å²) >= 11 is 0. The quantitative estimate of drug-likeness (QED) is 0.0252. The number of aliphatic imine (C=N–C) groups is 1. The minimum Gasteiger partial charge on any atom is -0.494 e. The zero-order valence-electron chi connectivity index (χ0n) is 52.4. The molecule has 0 radical (unpaired) electrons. The Morgan fingerprint density at radius 1 is 0.617 bits per heavy atom. The second-order valence-electron chi connectivity index (χ2n) is 22.5. The van der Waals surface area contributed by atoms with E-state index in [0.717, 1.165) is 37.4 Å². The fourth-order valence-electron chi connectivity index (χ4n) is 10.2. The molecular formula is C58H85N15O20S. The number of aromatic nitrogens is 2. The summed E-state index contributed by atoms with van der Waals surface area (Å²) in [6.07, 6.45) is 1.31. The van der Waals surface area contributed by atoms with E-state index in [9.17, 15) is 91.8 Å². The largest absolute Gasteiger partial charge is 0.494 e. The Balaban J connectivity index is 1.08. The molecule has 3 unspecified atom stereocenters. The number of carboxylic acid groups (broad SMARTS) is 6. The summed E-state index contributed by atoms with van der Waals surface area (Å²) in [5, 5.41) is 81.5. The predicted molar refractivity (Wildman–Crippen MR) is 334 cm³/mol. The number of rotatable bonds is 37. The Bertz CT molecular complexity index is 3260. The van der Waals surface area contributed by atoms with Gasteiger partial charge in [0, 0.05) is 128 Å². The standard InChI is InChI=1S/C58H85N15O20S/c1-37-28-41(29-38(2)53(37)94(91,92)68-44(57(89)90)32-64-54(86)39-7-10-45-40(30-39)31-65-73(45)18-5-15-63-58-61-13-4-14-62-58)93-27-3-6-46(74)59-16-17-60-55(87)42(8-11-48(76)77)67-56(88)43(9-12-49(78)79)66-47(75)33-69-19-21-70(34-50(80)81)23-25-72(36-52(84)85)26-24-71(22-20-69)35-51(82)83/h7,10,28-31,42-44,68H,3-6,8-9,11-27,32-36H2,1-2H3,(H,59,74)(H,60,87)(H,64,86)(H,66,75)(H,67,88)(H,76,77)(H,78,79)(H,80,81)(H,82,83)(H,84,85)(H,89,90)(H2,61,62,63). The number of carbonyl (C=O) groups is 11. The van der Waals surface area contributed by atoms with Crippen LogP contribution in [-0.4, -0.2) is 282 Å². The lowest BCUT2D eigenvalue weighted by molar-refractivity contribution is -0.140. The number of sulfonamides is 1. The molecule has 36 heteroatoms. The number of benzene rings is 2. The molecule has 94 heavy (non-hydrogen) atoms. The molecule has 1 saturated heterocycles. The first-order valence-corrected chi connectivity index (χ1v) is 32.0. The van der Waals surface area contributed by atoms with Crippen LogP contribution in [0.2, 0.25) is 0 Å². The molecule has 518 valence electrons. The van der Waals surface area contributed by atoms with Crippen LogP contribution in [0.15, 0.2) is 46.4 Å². The van der Waals surface area contributed by atoms with E-state index in [4.69, 9.17) is 4.74 Å². The minimum absolute atomic E-state index is 0.00822. The molecule has 1 fully saturated rings. The van der Waals surface area contributed by atoms with Gasteiger partial charge >= 0.3 is 35.8 Å². The number of hydrogen-bond acceptors (Lipinski definition) is 22. The molecule has 0 aliphatic carbocycles. The molecule has 2 aliphatic rings. The number of amides is 5. The van der Waals surface area contributed by atoms with Crippen molar-refractivity contribution < 1.29 is 96.5 Å². The van der Waals surface area contributed by atoms with Gasteiger partial charge in [-0.3, -0.25) is 82.0 Å². The molecule has 1 aromatic heterocycles. The number of ether oxygens (including phenoxy) is 1. The van der Waals surface area contributed by atoms with Crippen LogP contribution in [0.25, 0.3) is 10.9 Å². The predicted octanol–water partition coefficient (Wildman–Crippen LogP) is -3.29. The lowest BCUT2D eigenvalue weighted by Gasteiger charge is -2.33. The summed E-state index contributed by atoms with van der Waals surface area (Å²) in [7, 11) is -4.49. The number of aliphatic carboxylic acids is 6. The molecule has 0 saturated carbocycles. The Hall–Kier alpha value is -9.10. The average molecular weight is 1340 g/mol. The summed E-state index contributed by atoms with van der Waals surface area (Å²) in [6.45, 7) is 3.97. The zero-order valence-corrected chi connectivity index (χ0v) is 53.2. The fourth-order valence-corrected chi connectivity index (χ4v) is 11.9. The lowest BCUT2D eigenvalue weighted by atomic mass is 10.1. The average Bonchev–Trinajstić information content (AvgIpc) is 0.995. The fraction of sp³-hybridized carbons (Fsp3) is 0.569. The van der Waals surface area contributed by atoms with Crippen LogP contribution < -0.4 is 46.7 Å². The summed E-state index contributed by atoms with van der Waals surface area (Å²) < 4.78 is 37.2. The molecule has 0 bridgehead atoms. The first kappa shape index (κ1) is 75.6. The van der Waals surface area contributed by atoms with Gasteiger partial charge in [-0.2, -0.15) is 9.82 Å². The van der Waals surface area contributed by atoms with E-state index in [2.05, 4.69) is 52.0 Å². The molecule has 3 heterocycles. The van der Waals surface area contributed by atoms with Gasteiger partial charge in [0.15, 0.2) is 5.96 Å². The number of guanidine groups is 1. The number of nitrogens with one attached hydrogen (secondary N) is 8. The molecular weight excluding hydrogens is 1260 g/mol. The van der Waals surface area contributed by atoms with Crippen LogP contribution >= 0.6 is 0 Å². The number of carboxylic acids is 6. The van der Waals surface area contributed by atoms with Gasteiger partial charge in [-0.1, -0.05) is 0 Å². The Morgan fingerprint density at radius 2 is 1.17 bits per heavy atom. The van der Waals surface area contributed by atoms with E-state index < -0.39 is 145 Å². The van der Waals surface area contributed by atoms with Crippen LogP contribution in [0, 0.1) is 13.8 Å². The van der Waals surface area contributed by atoms with Gasteiger partial charge in [-0.15, -0.1) is 0 Å².